The minimum absolute atomic E-state index is 0.0587. The largest absolute Gasteiger partial charge is 0.244 e. The summed E-state index contributed by atoms with van der Waals surface area (Å²) in [6.07, 6.45) is 0. The molecular weight excluding hydrogens is 328 g/mol. The Hall–Kier alpha value is -3.30. The fourth-order valence-corrected chi connectivity index (χ4v) is 4.14. The molecule has 0 saturated heterocycles. The second-order valence-corrected chi connectivity index (χ2v) is 6.45. The molecule has 6 nitrogen and oxygen atoms in total. The number of aryl methyl sites for hydroxylation is 1. The van der Waals surface area contributed by atoms with Gasteiger partial charge in [-0.15, -0.1) is 22.7 Å². The van der Waals surface area contributed by atoms with Crippen LogP contribution in [0.2, 0.25) is 0 Å². The van der Waals surface area contributed by atoms with Gasteiger partial charge in [0.05, 0.1) is 31.0 Å². The van der Waals surface area contributed by atoms with Crippen LogP contribution in [0.5, 0.6) is 0 Å². The molecule has 0 fully saturated rings. The van der Waals surface area contributed by atoms with Gasteiger partial charge >= 0.3 is 0 Å². The molecular formula is C15H4N6S2. The molecule has 0 spiro atoms. The molecule has 0 bridgehead atoms. The van der Waals surface area contributed by atoms with E-state index in [-0.39, 0.29) is 11.1 Å². The summed E-state index contributed by atoms with van der Waals surface area (Å²) >= 11 is 2.55. The van der Waals surface area contributed by atoms with Crippen molar-refractivity contribution in [2.75, 3.05) is 0 Å². The van der Waals surface area contributed by atoms with Crippen molar-refractivity contribution in [3.63, 3.8) is 0 Å². The van der Waals surface area contributed by atoms with Gasteiger partial charge < -0.3 is 0 Å². The highest BCUT2D eigenvalue weighted by molar-refractivity contribution is 7.19. The molecule has 0 atom stereocenters. The first-order chi connectivity index (χ1) is 11.2. The highest BCUT2D eigenvalue weighted by Crippen LogP contribution is 2.22. The summed E-state index contributed by atoms with van der Waals surface area (Å²) in [5.74, 6) is 0. The topological polar surface area (TPSA) is 121 Å². The van der Waals surface area contributed by atoms with Gasteiger partial charge in [-0.1, -0.05) is 0 Å². The zero-order chi connectivity index (χ0) is 16.6. The van der Waals surface area contributed by atoms with Crippen molar-refractivity contribution >= 4 is 54.3 Å². The van der Waals surface area contributed by atoms with Crippen molar-refractivity contribution in [2.24, 2.45) is 0 Å². The van der Waals surface area contributed by atoms with E-state index in [0.717, 1.165) is 0 Å². The van der Waals surface area contributed by atoms with E-state index >= 15 is 0 Å². The SMILES string of the molecule is Cc1nc2c(=C(C#N)C#N)c3scnc3c(=C(C#N)C#N)c2s1. The molecule has 0 aliphatic rings. The lowest BCUT2D eigenvalue weighted by molar-refractivity contribution is 1.34. The van der Waals surface area contributed by atoms with Gasteiger partial charge in [0, 0.05) is 10.4 Å². The highest BCUT2D eigenvalue weighted by Gasteiger charge is 2.17. The number of nitrogens with zero attached hydrogens (tertiary/aromatic N) is 6. The molecule has 0 aliphatic carbocycles. The van der Waals surface area contributed by atoms with Crippen LogP contribution < -0.4 is 10.4 Å². The van der Waals surface area contributed by atoms with Gasteiger partial charge in [-0.2, -0.15) is 21.0 Å². The van der Waals surface area contributed by atoms with Crippen molar-refractivity contribution in [3.8, 4) is 24.3 Å². The molecule has 0 amide bonds. The molecule has 2 aromatic heterocycles. The Bertz CT molecular complexity index is 1140. The van der Waals surface area contributed by atoms with Crippen LogP contribution in [-0.2, 0) is 0 Å². The van der Waals surface area contributed by atoms with Gasteiger partial charge in [0.15, 0.2) is 0 Å². The quantitative estimate of drug-likeness (QED) is 0.616. The number of nitriles is 4. The van der Waals surface area contributed by atoms with Crippen molar-refractivity contribution < 1.29 is 0 Å². The van der Waals surface area contributed by atoms with Gasteiger partial charge in [-0.3, -0.25) is 0 Å². The number of benzene rings is 1. The first-order valence-electron chi connectivity index (χ1n) is 6.17. The van der Waals surface area contributed by atoms with Crippen molar-refractivity contribution in [2.45, 2.75) is 6.92 Å². The second kappa shape index (κ2) is 5.48. The van der Waals surface area contributed by atoms with E-state index in [1.807, 2.05) is 24.3 Å². The van der Waals surface area contributed by atoms with Crippen LogP contribution in [0.1, 0.15) is 5.01 Å². The monoisotopic (exact) mass is 332 g/mol. The highest BCUT2D eigenvalue weighted by atomic mass is 32.1. The minimum atomic E-state index is -0.0587. The molecule has 8 heteroatoms. The third-order valence-electron chi connectivity index (χ3n) is 3.18. The van der Waals surface area contributed by atoms with Gasteiger partial charge in [-0.25, -0.2) is 9.97 Å². The molecule has 0 N–H and O–H groups in total. The van der Waals surface area contributed by atoms with Crippen LogP contribution in [0.3, 0.4) is 0 Å². The summed E-state index contributed by atoms with van der Waals surface area (Å²) in [5, 5.41) is 38.6. The summed E-state index contributed by atoms with van der Waals surface area (Å²) in [7, 11) is 0. The predicted octanol–water partition coefficient (Wildman–Crippen LogP) is 1.61. The zero-order valence-electron chi connectivity index (χ0n) is 11.6. The predicted molar refractivity (Wildman–Crippen MR) is 86.1 cm³/mol. The van der Waals surface area contributed by atoms with Crippen molar-refractivity contribution in [1.29, 1.82) is 21.0 Å². The number of hydrogen-bond acceptors (Lipinski definition) is 8. The van der Waals surface area contributed by atoms with E-state index in [9.17, 15) is 21.0 Å². The molecule has 0 saturated carbocycles. The number of hydrogen-bond donors (Lipinski definition) is 0. The summed E-state index contributed by atoms with van der Waals surface area (Å²) in [4.78, 5) is 8.66. The lowest BCUT2D eigenvalue weighted by atomic mass is 10.1. The minimum Gasteiger partial charge on any atom is -0.244 e. The lowest BCUT2D eigenvalue weighted by Crippen LogP contribution is -2.16. The Morgan fingerprint density at radius 1 is 0.913 bits per heavy atom. The standard InChI is InChI=1S/C15H4N6S2/c1-7-21-13-11(9(4-18)5-19)14-12(20-6-22-14)10(15(13)23-7)8(2-16)3-17/h6H,1H3. The summed E-state index contributed by atoms with van der Waals surface area (Å²) in [6.45, 7) is 1.79. The van der Waals surface area contributed by atoms with Crippen LogP contribution in [0, 0.1) is 52.2 Å². The average Bonchev–Trinajstić information content (AvgIpc) is 3.17. The van der Waals surface area contributed by atoms with Crippen molar-refractivity contribution in [1.82, 2.24) is 9.97 Å². The van der Waals surface area contributed by atoms with E-state index in [0.29, 0.717) is 35.9 Å². The van der Waals surface area contributed by atoms with Crippen LogP contribution in [0.25, 0.3) is 31.6 Å². The van der Waals surface area contributed by atoms with Gasteiger partial charge in [-0.05, 0) is 6.92 Å². The summed E-state index contributed by atoms with van der Waals surface area (Å²) in [6, 6.07) is 7.56. The maximum atomic E-state index is 9.25. The Morgan fingerprint density at radius 3 is 2.04 bits per heavy atom. The molecule has 3 aromatic rings. The maximum Gasteiger partial charge on any atom is 0.140 e. The number of thiazole rings is 2. The Labute approximate surface area is 137 Å². The second-order valence-electron chi connectivity index (χ2n) is 4.39. The molecule has 3 rings (SSSR count). The van der Waals surface area contributed by atoms with Crippen LogP contribution in [0.4, 0.5) is 0 Å². The van der Waals surface area contributed by atoms with E-state index in [2.05, 4.69) is 9.97 Å². The third kappa shape index (κ3) is 2.03. The third-order valence-corrected chi connectivity index (χ3v) is 5.01. The van der Waals surface area contributed by atoms with Gasteiger partial charge in [0.1, 0.15) is 35.4 Å². The van der Waals surface area contributed by atoms with E-state index in [1.165, 1.54) is 22.7 Å². The fourth-order valence-electron chi connectivity index (χ4n) is 2.32. The van der Waals surface area contributed by atoms with Gasteiger partial charge in [0.25, 0.3) is 0 Å². The van der Waals surface area contributed by atoms with E-state index < -0.39 is 0 Å². The molecule has 23 heavy (non-hydrogen) atoms. The average molecular weight is 332 g/mol. The fraction of sp³-hybridized carbons (Fsp3) is 0.0667. The molecule has 0 unspecified atom stereocenters. The van der Waals surface area contributed by atoms with Crippen molar-refractivity contribution in [3.05, 3.63) is 21.0 Å². The normalized spacial score (nSPS) is 9.78. The van der Waals surface area contributed by atoms with Crippen LogP contribution in [-0.4, -0.2) is 9.97 Å². The zero-order valence-corrected chi connectivity index (χ0v) is 13.2. The molecule has 0 aliphatic heterocycles. The lowest BCUT2D eigenvalue weighted by Gasteiger charge is -1.97. The Morgan fingerprint density at radius 2 is 1.48 bits per heavy atom. The Balaban J connectivity index is 2.91. The molecule has 1 aromatic carbocycles. The summed E-state index contributed by atoms with van der Waals surface area (Å²) < 4.78 is 1.18. The molecule has 2 heterocycles. The summed E-state index contributed by atoms with van der Waals surface area (Å²) in [5.41, 5.74) is 2.35. The molecule has 106 valence electrons. The molecule has 0 radical (unpaired) electrons. The number of fused-ring (bicyclic) bond motifs is 2. The van der Waals surface area contributed by atoms with Crippen LogP contribution >= 0.6 is 22.7 Å². The Kier molecular flexibility index (Phi) is 3.48. The van der Waals surface area contributed by atoms with Gasteiger partial charge in [0.2, 0.25) is 0 Å². The number of rotatable bonds is 0. The van der Waals surface area contributed by atoms with Crippen LogP contribution in [0.15, 0.2) is 5.51 Å². The first kappa shape index (κ1) is 14.6. The first-order valence-corrected chi connectivity index (χ1v) is 7.87. The smallest absolute Gasteiger partial charge is 0.140 e. The maximum absolute atomic E-state index is 9.25. The number of aromatic nitrogens is 2. The van der Waals surface area contributed by atoms with E-state index in [4.69, 9.17) is 0 Å². The van der Waals surface area contributed by atoms with E-state index in [1.54, 1.807) is 12.4 Å².